The monoisotopic (exact) mass is 176 g/mol. The molecule has 0 aromatic rings. The van der Waals surface area contributed by atoms with Crippen molar-refractivity contribution in [2.24, 2.45) is 5.92 Å². The summed E-state index contributed by atoms with van der Waals surface area (Å²) in [6.45, 7) is 1.63. The number of rotatable bonds is 2. The summed E-state index contributed by atoms with van der Waals surface area (Å²) in [6, 6.07) is 3.67. The van der Waals surface area contributed by atoms with Crippen LogP contribution in [0.5, 0.6) is 0 Å². The highest BCUT2D eigenvalue weighted by molar-refractivity contribution is 6.31. The zero-order valence-corrected chi connectivity index (χ0v) is 6.89. The van der Waals surface area contributed by atoms with E-state index in [1.807, 2.05) is 6.07 Å². The van der Waals surface area contributed by atoms with E-state index in [1.165, 1.54) is 0 Å². The second-order valence-electron chi connectivity index (χ2n) is 1.89. The maximum atomic E-state index is 8.35. The van der Waals surface area contributed by atoms with Gasteiger partial charge in [-0.25, -0.2) is 0 Å². The van der Waals surface area contributed by atoms with Crippen molar-refractivity contribution in [3.05, 3.63) is 0 Å². The first-order valence-electron chi connectivity index (χ1n) is 2.71. The average Bonchev–Trinajstić information content (AvgIpc) is 2.00. The van der Waals surface area contributed by atoms with Gasteiger partial charge in [-0.3, -0.25) is 0 Å². The highest BCUT2D eigenvalue weighted by Crippen LogP contribution is 2.17. The van der Waals surface area contributed by atoms with Gasteiger partial charge in [-0.05, 0) is 6.92 Å². The molecule has 0 bridgehead atoms. The van der Waals surface area contributed by atoms with Gasteiger partial charge in [0.2, 0.25) is 0 Å². The Hall–Kier alpha value is -0.440. The molecule has 2 nitrogen and oxygen atoms in total. The minimum atomic E-state index is -0.781. The zero-order chi connectivity index (χ0) is 8.15. The molecule has 0 aromatic heterocycles. The number of halogens is 2. The molecule has 0 aliphatic heterocycles. The van der Waals surface area contributed by atoms with Gasteiger partial charge in [-0.15, -0.1) is 23.2 Å². The molecule has 0 spiro atoms. The molecule has 3 atom stereocenters. The van der Waals surface area contributed by atoms with E-state index in [2.05, 4.69) is 0 Å². The van der Waals surface area contributed by atoms with E-state index in [0.29, 0.717) is 0 Å². The molecule has 0 saturated heterocycles. The summed E-state index contributed by atoms with van der Waals surface area (Å²) >= 11 is 11.1. The first-order chi connectivity index (χ1) is 4.63. The second-order valence-corrected chi connectivity index (χ2v) is 2.87. The highest BCUT2D eigenvalue weighted by atomic mass is 35.5. The van der Waals surface area contributed by atoms with E-state index < -0.39 is 10.8 Å². The number of hydrogen-bond donors (Lipinski definition) is 0. The van der Waals surface area contributed by atoms with Gasteiger partial charge < -0.3 is 0 Å². The first-order valence-corrected chi connectivity index (χ1v) is 3.58. The fourth-order valence-corrected chi connectivity index (χ4v) is 0.727. The van der Waals surface area contributed by atoms with Crippen LogP contribution >= 0.6 is 23.2 Å². The molecule has 4 heteroatoms. The summed E-state index contributed by atoms with van der Waals surface area (Å²) in [4.78, 5) is 0. The van der Waals surface area contributed by atoms with Gasteiger partial charge in [0.1, 0.15) is 5.38 Å². The molecule has 10 heavy (non-hydrogen) atoms. The van der Waals surface area contributed by atoms with Crippen LogP contribution in [0.15, 0.2) is 0 Å². The minimum Gasteiger partial charge on any atom is -0.198 e. The quantitative estimate of drug-likeness (QED) is 0.604. The van der Waals surface area contributed by atoms with E-state index in [-0.39, 0.29) is 5.92 Å². The van der Waals surface area contributed by atoms with Crippen molar-refractivity contribution in [3.8, 4) is 12.1 Å². The van der Waals surface area contributed by atoms with Gasteiger partial charge in [0.05, 0.1) is 23.4 Å². The van der Waals surface area contributed by atoms with Gasteiger partial charge >= 0.3 is 0 Å². The van der Waals surface area contributed by atoms with Gasteiger partial charge in [0.15, 0.2) is 0 Å². The molecule has 0 fully saturated rings. The molecule has 0 aromatic carbocycles. The predicted molar refractivity (Wildman–Crippen MR) is 39.7 cm³/mol. The van der Waals surface area contributed by atoms with Crippen molar-refractivity contribution < 1.29 is 0 Å². The normalized spacial score (nSPS) is 18.1. The second kappa shape index (κ2) is 4.39. The maximum absolute atomic E-state index is 8.35. The fourth-order valence-electron chi connectivity index (χ4n) is 0.396. The van der Waals surface area contributed by atoms with Crippen molar-refractivity contribution in [3.63, 3.8) is 0 Å². The number of nitriles is 2. The van der Waals surface area contributed by atoms with Crippen LogP contribution in [0.25, 0.3) is 0 Å². The fraction of sp³-hybridized carbons (Fsp3) is 0.667. The Morgan fingerprint density at radius 2 is 1.70 bits per heavy atom. The Labute approximate surface area is 70.0 Å². The lowest BCUT2D eigenvalue weighted by molar-refractivity contribution is 0.690. The van der Waals surface area contributed by atoms with Gasteiger partial charge in [-0.1, -0.05) is 0 Å². The summed E-state index contributed by atoms with van der Waals surface area (Å²) in [6.07, 6.45) is 0. The number of alkyl halides is 2. The Bertz CT molecular complexity index is 159. The topological polar surface area (TPSA) is 47.6 Å². The molecule has 0 heterocycles. The van der Waals surface area contributed by atoms with E-state index in [4.69, 9.17) is 33.7 Å². The Morgan fingerprint density at radius 1 is 1.20 bits per heavy atom. The summed E-state index contributed by atoms with van der Waals surface area (Å²) in [7, 11) is 0. The Balaban J connectivity index is 4.00. The van der Waals surface area contributed by atoms with Gasteiger partial charge in [0, 0.05) is 0 Å². The summed E-state index contributed by atoms with van der Waals surface area (Å²) in [5, 5.41) is 15.3. The lowest BCUT2D eigenvalue weighted by Gasteiger charge is -2.09. The molecule has 0 amide bonds. The predicted octanol–water partition coefficient (Wildman–Crippen LogP) is 1.88. The van der Waals surface area contributed by atoms with Crippen LogP contribution in [0.4, 0.5) is 0 Å². The van der Waals surface area contributed by atoms with Crippen LogP contribution < -0.4 is 0 Å². The van der Waals surface area contributed by atoms with Crippen molar-refractivity contribution in [1.29, 1.82) is 10.5 Å². The lowest BCUT2D eigenvalue weighted by Crippen LogP contribution is -2.20. The van der Waals surface area contributed by atoms with Crippen molar-refractivity contribution >= 4 is 23.2 Å². The molecule has 0 radical (unpaired) electrons. The van der Waals surface area contributed by atoms with Crippen LogP contribution in [-0.4, -0.2) is 10.8 Å². The molecule has 0 N–H and O–H groups in total. The summed E-state index contributed by atoms with van der Waals surface area (Å²) in [5.41, 5.74) is 0. The first kappa shape index (κ1) is 9.56. The zero-order valence-electron chi connectivity index (χ0n) is 5.38. The average molecular weight is 177 g/mol. The van der Waals surface area contributed by atoms with Crippen LogP contribution in [0.3, 0.4) is 0 Å². The lowest BCUT2D eigenvalue weighted by atomic mass is 10.1. The van der Waals surface area contributed by atoms with Gasteiger partial charge in [-0.2, -0.15) is 10.5 Å². The smallest absolute Gasteiger partial charge is 0.138 e. The SMILES string of the molecule is CC(C#N)C(Cl)C(Cl)C#N. The van der Waals surface area contributed by atoms with Crippen LogP contribution in [-0.2, 0) is 0 Å². The van der Waals surface area contributed by atoms with Crippen LogP contribution in [0.2, 0.25) is 0 Å². The molecule has 54 valence electrons. The maximum Gasteiger partial charge on any atom is 0.138 e. The van der Waals surface area contributed by atoms with Gasteiger partial charge in [0.25, 0.3) is 0 Å². The number of nitrogens with zero attached hydrogens (tertiary/aromatic N) is 2. The van der Waals surface area contributed by atoms with Crippen LogP contribution in [0.1, 0.15) is 6.92 Å². The largest absolute Gasteiger partial charge is 0.198 e. The molecule has 0 rings (SSSR count). The standard InChI is InChI=1S/C6H6Cl2N2/c1-4(2-9)6(8)5(7)3-10/h4-6H,1H3. The molecule has 0 aliphatic carbocycles. The molecular weight excluding hydrogens is 171 g/mol. The van der Waals surface area contributed by atoms with Crippen molar-refractivity contribution in [1.82, 2.24) is 0 Å². The third-order valence-electron chi connectivity index (χ3n) is 1.08. The van der Waals surface area contributed by atoms with E-state index in [0.717, 1.165) is 0 Å². The molecule has 3 unspecified atom stereocenters. The summed E-state index contributed by atoms with van der Waals surface area (Å²) in [5.74, 6) is -0.385. The highest BCUT2D eigenvalue weighted by Gasteiger charge is 2.22. The Morgan fingerprint density at radius 3 is 2.00 bits per heavy atom. The van der Waals surface area contributed by atoms with Crippen molar-refractivity contribution in [2.45, 2.75) is 17.7 Å². The third-order valence-corrected chi connectivity index (χ3v) is 2.21. The van der Waals surface area contributed by atoms with Crippen LogP contribution in [0, 0.1) is 28.6 Å². The van der Waals surface area contributed by atoms with E-state index in [9.17, 15) is 0 Å². The third kappa shape index (κ3) is 2.43. The molecule has 0 aliphatic rings. The molecular formula is C6H6Cl2N2. The molecule has 0 saturated carbocycles. The minimum absolute atomic E-state index is 0.385. The van der Waals surface area contributed by atoms with E-state index in [1.54, 1.807) is 13.0 Å². The van der Waals surface area contributed by atoms with E-state index >= 15 is 0 Å². The number of hydrogen-bond acceptors (Lipinski definition) is 2. The summed E-state index contributed by atoms with van der Waals surface area (Å²) < 4.78 is 0. The van der Waals surface area contributed by atoms with Crippen molar-refractivity contribution in [2.75, 3.05) is 0 Å². The Kier molecular flexibility index (Phi) is 4.19.